The fourth-order valence-corrected chi connectivity index (χ4v) is 2.68. The summed E-state index contributed by atoms with van der Waals surface area (Å²) in [5.41, 5.74) is 4.75. The minimum absolute atomic E-state index is 0. The Balaban J connectivity index is 0.00000161. The van der Waals surface area contributed by atoms with E-state index in [1.165, 1.54) is 42.4 Å². The quantitative estimate of drug-likeness (QED) is 0.945. The lowest BCUT2D eigenvalue weighted by atomic mass is 9.90. The molecule has 1 N–H and O–H groups in total. The van der Waals surface area contributed by atoms with E-state index in [1.54, 1.807) is 24.5 Å². The van der Waals surface area contributed by atoms with Crippen molar-refractivity contribution in [1.82, 2.24) is 10.3 Å². The number of nitrogens with one attached hydrogen (secondary N) is 1. The molecule has 0 aliphatic heterocycles. The highest BCUT2D eigenvalue weighted by atomic mass is 35.5. The first kappa shape index (κ1) is 15.5. The minimum atomic E-state index is -0.0508. The average molecular weight is 303 g/mol. The van der Waals surface area contributed by atoms with Crippen molar-refractivity contribution in [1.29, 1.82) is 0 Å². The molecular weight excluding hydrogens is 284 g/mol. The molecule has 1 amide bonds. The summed E-state index contributed by atoms with van der Waals surface area (Å²) in [6, 6.07) is 10.0. The van der Waals surface area contributed by atoms with Crippen molar-refractivity contribution in [3.8, 4) is 0 Å². The summed E-state index contributed by atoms with van der Waals surface area (Å²) in [6.45, 7) is 0.578. The number of pyridine rings is 1. The second-order valence-corrected chi connectivity index (χ2v) is 5.23. The maximum absolute atomic E-state index is 12.0. The lowest BCUT2D eigenvalue weighted by molar-refractivity contribution is 0.0951. The molecule has 0 spiro atoms. The molecule has 3 nitrogen and oxygen atoms in total. The van der Waals surface area contributed by atoms with E-state index in [2.05, 4.69) is 28.5 Å². The van der Waals surface area contributed by atoms with Gasteiger partial charge in [-0.3, -0.25) is 9.78 Å². The van der Waals surface area contributed by atoms with Gasteiger partial charge in [-0.05, 0) is 54.5 Å². The van der Waals surface area contributed by atoms with Crippen molar-refractivity contribution >= 4 is 18.3 Å². The fourth-order valence-electron chi connectivity index (χ4n) is 2.68. The van der Waals surface area contributed by atoms with Crippen molar-refractivity contribution < 1.29 is 4.79 Å². The molecule has 0 bridgehead atoms. The Kier molecular flexibility index (Phi) is 5.34. The first-order chi connectivity index (χ1) is 9.83. The van der Waals surface area contributed by atoms with Crippen LogP contribution in [0.2, 0.25) is 0 Å². The maximum Gasteiger partial charge on any atom is 0.251 e. The Bertz CT molecular complexity index is 613. The monoisotopic (exact) mass is 302 g/mol. The molecule has 0 radical (unpaired) electrons. The van der Waals surface area contributed by atoms with E-state index in [0.717, 1.165) is 0 Å². The smallest absolute Gasteiger partial charge is 0.251 e. The van der Waals surface area contributed by atoms with Gasteiger partial charge in [0.15, 0.2) is 0 Å². The number of carbonyl (C=O) groups is 1. The summed E-state index contributed by atoms with van der Waals surface area (Å²) in [5, 5.41) is 2.96. The van der Waals surface area contributed by atoms with Crippen LogP contribution in [0.4, 0.5) is 0 Å². The molecule has 110 valence electrons. The number of fused-ring (bicyclic) bond motifs is 1. The van der Waals surface area contributed by atoms with Crippen molar-refractivity contribution in [2.24, 2.45) is 0 Å². The summed E-state index contributed by atoms with van der Waals surface area (Å²) < 4.78 is 0. The molecule has 1 aromatic carbocycles. The maximum atomic E-state index is 12.0. The van der Waals surface area contributed by atoms with Crippen LogP contribution in [0.15, 0.2) is 42.7 Å². The lowest BCUT2D eigenvalue weighted by Gasteiger charge is -2.16. The molecule has 1 aliphatic rings. The molecule has 0 atom stereocenters. The topological polar surface area (TPSA) is 42.0 Å². The third-order valence-electron chi connectivity index (χ3n) is 3.81. The predicted octanol–water partition coefficient (Wildman–Crippen LogP) is 3.31. The summed E-state index contributed by atoms with van der Waals surface area (Å²) in [6.07, 6.45) is 8.20. The average Bonchev–Trinajstić information content (AvgIpc) is 2.53. The zero-order valence-electron chi connectivity index (χ0n) is 11.8. The van der Waals surface area contributed by atoms with Gasteiger partial charge in [0.05, 0.1) is 0 Å². The van der Waals surface area contributed by atoms with Gasteiger partial charge < -0.3 is 5.32 Å². The highest BCUT2D eigenvalue weighted by molar-refractivity contribution is 5.93. The van der Waals surface area contributed by atoms with Gasteiger partial charge in [-0.15, -0.1) is 12.4 Å². The first-order valence-electron chi connectivity index (χ1n) is 7.12. The van der Waals surface area contributed by atoms with E-state index < -0.39 is 0 Å². The fraction of sp³-hybridized carbons (Fsp3) is 0.294. The largest absolute Gasteiger partial charge is 0.348 e. The molecule has 1 aliphatic carbocycles. The van der Waals surface area contributed by atoms with Gasteiger partial charge in [-0.1, -0.05) is 18.2 Å². The number of nitrogens with zero attached hydrogens (tertiary/aromatic N) is 1. The SMILES string of the molecule is Cl.O=C(NCc1ccc2c(c1)CCCC2)c1ccncc1. The van der Waals surface area contributed by atoms with Crippen LogP contribution in [-0.4, -0.2) is 10.9 Å². The lowest BCUT2D eigenvalue weighted by Crippen LogP contribution is -2.23. The molecule has 0 saturated carbocycles. The third kappa shape index (κ3) is 3.82. The number of hydrogen-bond donors (Lipinski definition) is 1. The van der Waals surface area contributed by atoms with Crippen molar-refractivity contribution in [3.05, 3.63) is 65.0 Å². The number of benzene rings is 1. The van der Waals surface area contributed by atoms with Crippen molar-refractivity contribution in [3.63, 3.8) is 0 Å². The van der Waals surface area contributed by atoms with E-state index in [-0.39, 0.29) is 18.3 Å². The van der Waals surface area contributed by atoms with Gasteiger partial charge in [0.2, 0.25) is 0 Å². The van der Waals surface area contributed by atoms with Crippen molar-refractivity contribution in [2.75, 3.05) is 0 Å². The Labute approximate surface area is 131 Å². The van der Waals surface area contributed by atoms with Gasteiger partial charge in [0.25, 0.3) is 5.91 Å². The van der Waals surface area contributed by atoms with Crippen LogP contribution in [0, 0.1) is 0 Å². The van der Waals surface area contributed by atoms with E-state index >= 15 is 0 Å². The molecular formula is C17H19ClN2O. The third-order valence-corrected chi connectivity index (χ3v) is 3.81. The molecule has 1 aromatic heterocycles. The standard InChI is InChI=1S/C17H18N2O.ClH/c20-17(15-7-9-18-10-8-15)19-12-13-5-6-14-3-1-2-4-16(14)11-13;/h5-11H,1-4,12H2,(H,19,20);1H. The highest BCUT2D eigenvalue weighted by Gasteiger charge is 2.10. The predicted molar refractivity (Wildman–Crippen MR) is 85.7 cm³/mol. The van der Waals surface area contributed by atoms with Gasteiger partial charge in [0.1, 0.15) is 0 Å². The molecule has 0 unspecified atom stereocenters. The molecule has 1 heterocycles. The molecule has 0 fully saturated rings. The number of rotatable bonds is 3. The van der Waals surface area contributed by atoms with E-state index in [4.69, 9.17) is 0 Å². The Morgan fingerprint density at radius 3 is 2.52 bits per heavy atom. The summed E-state index contributed by atoms with van der Waals surface area (Å²) in [4.78, 5) is 15.9. The number of aryl methyl sites for hydroxylation is 2. The van der Waals surface area contributed by atoms with Crippen LogP contribution in [0.5, 0.6) is 0 Å². The van der Waals surface area contributed by atoms with Crippen LogP contribution < -0.4 is 5.32 Å². The van der Waals surface area contributed by atoms with Gasteiger partial charge in [0, 0.05) is 24.5 Å². The number of aromatic nitrogens is 1. The Morgan fingerprint density at radius 1 is 1.05 bits per heavy atom. The molecule has 0 saturated heterocycles. The van der Waals surface area contributed by atoms with Crippen molar-refractivity contribution in [2.45, 2.75) is 32.2 Å². The number of amides is 1. The van der Waals surface area contributed by atoms with Crippen LogP contribution in [0.1, 0.15) is 39.9 Å². The normalized spacial score (nSPS) is 13.0. The van der Waals surface area contributed by atoms with E-state index in [9.17, 15) is 4.79 Å². The summed E-state index contributed by atoms with van der Waals surface area (Å²) in [7, 11) is 0. The molecule has 21 heavy (non-hydrogen) atoms. The molecule has 3 rings (SSSR count). The summed E-state index contributed by atoms with van der Waals surface area (Å²) in [5.74, 6) is -0.0508. The second kappa shape index (κ2) is 7.23. The Hall–Kier alpha value is -1.87. The minimum Gasteiger partial charge on any atom is -0.348 e. The molecule has 4 heteroatoms. The van der Waals surface area contributed by atoms with Crippen LogP contribution in [0.25, 0.3) is 0 Å². The van der Waals surface area contributed by atoms with Crippen LogP contribution >= 0.6 is 12.4 Å². The highest BCUT2D eigenvalue weighted by Crippen LogP contribution is 2.22. The van der Waals surface area contributed by atoms with Crippen LogP contribution in [-0.2, 0) is 19.4 Å². The van der Waals surface area contributed by atoms with Gasteiger partial charge in [-0.2, -0.15) is 0 Å². The number of halogens is 1. The van der Waals surface area contributed by atoms with Gasteiger partial charge in [-0.25, -0.2) is 0 Å². The summed E-state index contributed by atoms with van der Waals surface area (Å²) >= 11 is 0. The zero-order valence-corrected chi connectivity index (χ0v) is 12.7. The zero-order chi connectivity index (χ0) is 13.8. The number of carbonyl (C=O) groups excluding carboxylic acids is 1. The second-order valence-electron chi connectivity index (χ2n) is 5.23. The number of hydrogen-bond acceptors (Lipinski definition) is 2. The van der Waals surface area contributed by atoms with Gasteiger partial charge >= 0.3 is 0 Å². The van der Waals surface area contributed by atoms with E-state index in [1.807, 2.05) is 0 Å². The van der Waals surface area contributed by atoms with E-state index in [0.29, 0.717) is 12.1 Å². The van der Waals surface area contributed by atoms with Crippen LogP contribution in [0.3, 0.4) is 0 Å². The molecule has 2 aromatic rings. The first-order valence-corrected chi connectivity index (χ1v) is 7.12. The Morgan fingerprint density at radius 2 is 1.76 bits per heavy atom.